The Morgan fingerprint density at radius 1 is 0.667 bits per heavy atom. The van der Waals surface area contributed by atoms with Crippen LogP contribution in [0.1, 0.15) is 0 Å². The molecule has 0 rings (SSSR count). The molecule has 1 nitrogen and oxygen atoms in total. The Bertz CT molecular complexity index is 150. The zero-order valence-corrected chi connectivity index (χ0v) is 6.49. The standard InChI is InChI=1S/C2HF6N.C2H2F4/c3-1(4,5)9-2(6,7)8;3-1-2(4,5)6/h9H;1H2. The van der Waals surface area contributed by atoms with E-state index in [1.165, 1.54) is 0 Å². The number of nitrogens with one attached hydrogen (secondary N) is 1. The Balaban J connectivity index is 0. The van der Waals surface area contributed by atoms with Crippen LogP contribution in [0.2, 0.25) is 0 Å². The van der Waals surface area contributed by atoms with Crippen molar-refractivity contribution in [2.45, 2.75) is 18.8 Å². The number of hydrogen-bond acceptors (Lipinski definition) is 1. The van der Waals surface area contributed by atoms with Gasteiger partial charge in [-0.25, -0.2) is 4.39 Å². The fourth-order valence-electron chi connectivity index (χ4n) is 0.161. The van der Waals surface area contributed by atoms with Crippen LogP contribution in [0.4, 0.5) is 43.9 Å². The summed E-state index contributed by atoms with van der Waals surface area (Å²) in [7, 11) is 0. The highest BCUT2D eigenvalue weighted by molar-refractivity contribution is 4.49. The van der Waals surface area contributed by atoms with Gasteiger partial charge in [0.25, 0.3) is 0 Å². The summed E-state index contributed by atoms with van der Waals surface area (Å²) in [5, 5.41) is -0.542. The molecular weight excluding hydrogens is 252 g/mol. The van der Waals surface area contributed by atoms with Gasteiger partial charge in [0.15, 0.2) is 6.67 Å². The van der Waals surface area contributed by atoms with Gasteiger partial charge in [0, 0.05) is 0 Å². The van der Waals surface area contributed by atoms with E-state index in [9.17, 15) is 43.9 Å². The number of halogens is 10. The lowest BCUT2D eigenvalue weighted by Gasteiger charge is -2.10. The molecule has 0 aliphatic heterocycles. The van der Waals surface area contributed by atoms with Gasteiger partial charge in [0.1, 0.15) is 0 Å². The molecule has 0 aliphatic carbocycles. The molecule has 0 aromatic rings. The van der Waals surface area contributed by atoms with E-state index < -0.39 is 30.8 Å². The Hall–Kier alpha value is -0.740. The number of alkyl halides is 10. The first kappa shape index (κ1) is 16.7. The Labute approximate surface area is 76.0 Å². The third-order valence-corrected chi connectivity index (χ3v) is 0.435. The SMILES string of the molecule is FC(F)(F)NC(F)(F)F.FCC(F)(F)F. The second-order valence-electron chi connectivity index (χ2n) is 1.87. The normalized spacial score (nSPS) is 13.2. The Kier molecular flexibility index (Phi) is 5.98. The average Bonchev–Trinajstić information content (AvgIpc) is 1.78. The smallest absolute Gasteiger partial charge is 0.241 e. The molecule has 94 valence electrons. The molecule has 0 saturated heterocycles. The fourth-order valence-corrected chi connectivity index (χ4v) is 0.161. The molecule has 0 aromatic heterocycles. The van der Waals surface area contributed by atoms with Gasteiger partial charge >= 0.3 is 18.8 Å². The topological polar surface area (TPSA) is 12.0 Å². The molecule has 0 atom stereocenters. The van der Waals surface area contributed by atoms with E-state index in [0.29, 0.717) is 0 Å². The quantitative estimate of drug-likeness (QED) is 0.518. The van der Waals surface area contributed by atoms with Gasteiger partial charge in [-0.2, -0.15) is 39.5 Å². The first-order valence-electron chi connectivity index (χ1n) is 2.82. The van der Waals surface area contributed by atoms with Gasteiger partial charge in [0.05, 0.1) is 0 Å². The van der Waals surface area contributed by atoms with Crippen LogP contribution in [0, 0.1) is 0 Å². The third-order valence-electron chi connectivity index (χ3n) is 0.435. The van der Waals surface area contributed by atoms with E-state index >= 15 is 0 Å². The highest BCUT2D eigenvalue weighted by Crippen LogP contribution is 2.19. The lowest BCUT2D eigenvalue weighted by atomic mass is 10.8. The van der Waals surface area contributed by atoms with Crippen molar-refractivity contribution < 1.29 is 43.9 Å². The zero-order chi connectivity index (χ0) is 12.9. The molecule has 0 bridgehead atoms. The summed E-state index contributed by atoms with van der Waals surface area (Å²) in [4.78, 5) is 0. The molecular formula is C4H3F10N. The van der Waals surface area contributed by atoms with Crippen molar-refractivity contribution >= 4 is 0 Å². The third kappa shape index (κ3) is 24.6. The van der Waals surface area contributed by atoms with Gasteiger partial charge in [-0.1, -0.05) is 0 Å². The molecule has 11 heteroatoms. The minimum atomic E-state index is -5.39. The lowest BCUT2D eigenvalue weighted by Crippen LogP contribution is -2.42. The lowest BCUT2D eigenvalue weighted by molar-refractivity contribution is -0.265. The second-order valence-corrected chi connectivity index (χ2v) is 1.87. The van der Waals surface area contributed by atoms with Gasteiger partial charge in [0.2, 0.25) is 0 Å². The van der Waals surface area contributed by atoms with Crippen LogP contribution in [0.5, 0.6) is 0 Å². The minimum Gasteiger partial charge on any atom is -0.241 e. The molecule has 0 heterocycles. The monoisotopic (exact) mass is 255 g/mol. The number of rotatable bonds is 0. The van der Waals surface area contributed by atoms with Crippen molar-refractivity contribution in [2.24, 2.45) is 0 Å². The van der Waals surface area contributed by atoms with E-state index in [-0.39, 0.29) is 0 Å². The fraction of sp³-hybridized carbons (Fsp3) is 1.00. The summed E-state index contributed by atoms with van der Waals surface area (Å²) in [5.41, 5.74) is 0. The summed E-state index contributed by atoms with van der Waals surface area (Å²) >= 11 is 0. The summed E-state index contributed by atoms with van der Waals surface area (Å²) in [6, 6.07) is 0. The molecule has 0 unspecified atom stereocenters. The highest BCUT2D eigenvalue weighted by Gasteiger charge is 2.42. The molecule has 0 aliphatic rings. The zero-order valence-electron chi connectivity index (χ0n) is 6.49. The second kappa shape index (κ2) is 5.37. The van der Waals surface area contributed by atoms with Crippen LogP contribution in [-0.2, 0) is 0 Å². The molecule has 15 heavy (non-hydrogen) atoms. The van der Waals surface area contributed by atoms with Crippen molar-refractivity contribution in [2.75, 3.05) is 6.67 Å². The van der Waals surface area contributed by atoms with Crippen LogP contribution in [-0.4, -0.2) is 25.5 Å². The average molecular weight is 255 g/mol. The molecule has 0 saturated carbocycles. The summed E-state index contributed by atoms with van der Waals surface area (Å²) in [6.07, 6.45) is -15.4. The molecule has 0 amide bonds. The van der Waals surface area contributed by atoms with Gasteiger partial charge in [-0.15, -0.1) is 5.32 Å². The van der Waals surface area contributed by atoms with Crippen LogP contribution < -0.4 is 5.32 Å². The maximum absolute atomic E-state index is 10.7. The van der Waals surface area contributed by atoms with Gasteiger partial charge in [-0.05, 0) is 0 Å². The van der Waals surface area contributed by atoms with Crippen molar-refractivity contribution in [1.29, 1.82) is 0 Å². The largest absolute Gasteiger partial charge is 0.464 e. The van der Waals surface area contributed by atoms with Crippen molar-refractivity contribution in [3.8, 4) is 0 Å². The van der Waals surface area contributed by atoms with Gasteiger partial charge in [-0.3, -0.25) is 0 Å². The molecule has 0 fully saturated rings. The Morgan fingerprint density at radius 3 is 0.867 bits per heavy atom. The molecule has 0 radical (unpaired) electrons. The highest BCUT2D eigenvalue weighted by atomic mass is 19.4. The first-order chi connectivity index (χ1) is 6.27. The minimum absolute atomic E-state index is 0.542. The van der Waals surface area contributed by atoms with E-state index in [4.69, 9.17) is 0 Å². The van der Waals surface area contributed by atoms with Gasteiger partial charge < -0.3 is 0 Å². The number of hydrogen-bond donors (Lipinski definition) is 1. The van der Waals surface area contributed by atoms with E-state index in [2.05, 4.69) is 0 Å². The van der Waals surface area contributed by atoms with Crippen LogP contribution in [0.25, 0.3) is 0 Å². The van der Waals surface area contributed by atoms with Crippen LogP contribution in [0.15, 0.2) is 0 Å². The first-order valence-corrected chi connectivity index (χ1v) is 2.82. The summed E-state index contributed by atoms with van der Waals surface area (Å²) in [5.74, 6) is 0. The predicted octanol–water partition coefficient (Wildman–Crippen LogP) is 3.13. The molecule has 0 aromatic carbocycles. The molecule has 0 spiro atoms. The maximum atomic E-state index is 10.7. The predicted molar refractivity (Wildman–Crippen MR) is 27.3 cm³/mol. The summed E-state index contributed by atoms with van der Waals surface area (Å²) in [6.45, 7) is -2.23. The van der Waals surface area contributed by atoms with E-state index in [0.717, 1.165) is 0 Å². The van der Waals surface area contributed by atoms with Crippen molar-refractivity contribution in [3.63, 3.8) is 0 Å². The van der Waals surface area contributed by atoms with E-state index in [1.54, 1.807) is 0 Å². The van der Waals surface area contributed by atoms with Crippen molar-refractivity contribution in [3.05, 3.63) is 0 Å². The maximum Gasteiger partial charge on any atom is 0.464 e. The molecule has 1 N–H and O–H groups in total. The van der Waals surface area contributed by atoms with Crippen molar-refractivity contribution in [1.82, 2.24) is 5.32 Å². The van der Waals surface area contributed by atoms with Crippen LogP contribution in [0.3, 0.4) is 0 Å². The van der Waals surface area contributed by atoms with E-state index in [1.807, 2.05) is 0 Å². The summed E-state index contributed by atoms with van der Waals surface area (Å²) < 4.78 is 106. The Morgan fingerprint density at radius 2 is 0.867 bits per heavy atom. The van der Waals surface area contributed by atoms with Crippen LogP contribution >= 0.6 is 0 Å².